The molecule has 5 nitrogen and oxygen atoms in total. The van der Waals surface area contributed by atoms with Crippen LogP contribution in [0.2, 0.25) is 5.02 Å². The lowest BCUT2D eigenvalue weighted by atomic mass is 10.0. The average Bonchev–Trinajstić information content (AvgIpc) is 2.73. The number of hydrazone groups is 1. The number of amides is 1. The first-order valence-corrected chi connectivity index (χ1v) is 8.98. The second-order valence-corrected chi connectivity index (χ2v) is 6.50. The molecular weight excluding hydrogens is 372 g/mol. The lowest BCUT2D eigenvalue weighted by molar-refractivity contribution is 0.0956. The summed E-state index contributed by atoms with van der Waals surface area (Å²) < 4.78 is 0. The summed E-state index contributed by atoms with van der Waals surface area (Å²) in [7, 11) is 0. The van der Waals surface area contributed by atoms with Crippen molar-refractivity contribution in [2.24, 2.45) is 5.10 Å². The Bertz CT molecular complexity index is 1180. The number of carbonyl (C=O) groups is 1. The molecule has 0 radical (unpaired) electrons. The van der Waals surface area contributed by atoms with E-state index in [0.29, 0.717) is 16.3 Å². The van der Waals surface area contributed by atoms with E-state index >= 15 is 0 Å². The van der Waals surface area contributed by atoms with Crippen LogP contribution in [0, 0.1) is 0 Å². The topological polar surface area (TPSA) is 67.2 Å². The summed E-state index contributed by atoms with van der Waals surface area (Å²) in [5.74, 6) is -0.318. The van der Waals surface area contributed by atoms with E-state index in [1.165, 1.54) is 0 Å². The standard InChI is InChI=1S/C22H15ClN4O/c23-17-7-3-6-16(11-17)21-12-19(18-8-1-2-9-20(18)26-21)22(28)27-25-14-15-5-4-10-24-13-15/h1-14H,(H,27,28)/b25-14+. The van der Waals surface area contributed by atoms with Gasteiger partial charge in [-0.15, -0.1) is 0 Å². The van der Waals surface area contributed by atoms with Crippen LogP contribution in [-0.2, 0) is 0 Å². The zero-order valence-electron chi connectivity index (χ0n) is 14.7. The molecule has 0 spiro atoms. The van der Waals surface area contributed by atoms with Gasteiger partial charge in [-0.25, -0.2) is 10.4 Å². The van der Waals surface area contributed by atoms with Crippen molar-refractivity contribution in [1.82, 2.24) is 15.4 Å². The molecule has 2 aromatic heterocycles. The smallest absolute Gasteiger partial charge is 0.267 e. The largest absolute Gasteiger partial charge is 0.272 e. The Labute approximate surface area is 166 Å². The molecule has 136 valence electrons. The van der Waals surface area contributed by atoms with Crippen LogP contribution in [-0.4, -0.2) is 22.1 Å². The molecule has 0 saturated heterocycles. The first-order chi connectivity index (χ1) is 13.7. The van der Waals surface area contributed by atoms with Crippen molar-refractivity contribution < 1.29 is 4.79 Å². The van der Waals surface area contributed by atoms with Crippen molar-refractivity contribution in [3.8, 4) is 11.3 Å². The number of fused-ring (bicyclic) bond motifs is 1. The third-order valence-corrected chi connectivity index (χ3v) is 4.38. The van der Waals surface area contributed by atoms with Gasteiger partial charge in [-0.05, 0) is 30.3 Å². The zero-order valence-corrected chi connectivity index (χ0v) is 15.5. The minimum absolute atomic E-state index is 0.318. The number of rotatable bonds is 4. The number of nitrogens with zero attached hydrogens (tertiary/aromatic N) is 3. The van der Waals surface area contributed by atoms with Crippen molar-refractivity contribution >= 4 is 34.6 Å². The van der Waals surface area contributed by atoms with E-state index in [1.807, 2.05) is 48.5 Å². The molecule has 1 amide bonds. The molecule has 2 aromatic carbocycles. The summed E-state index contributed by atoms with van der Waals surface area (Å²) in [5, 5.41) is 5.40. The lowest BCUT2D eigenvalue weighted by Gasteiger charge is -2.09. The molecule has 0 saturated carbocycles. The molecule has 6 heteroatoms. The number of pyridine rings is 2. The number of halogens is 1. The fourth-order valence-electron chi connectivity index (χ4n) is 2.84. The van der Waals surface area contributed by atoms with Crippen LogP contribution < -0.4 is 5.43 Å². The maximum absolute atomic E-state index is 12.8. The molecule has 1 N–H and O–H groups in total. The second-order valence-electron chi connectivity index (χ2n) is 6.07. The van der Waals surface area contributed by atoms with Gasteiger partial charge in [-0.2, -0.15) is 5.10 Å². The Morgan fingerprint density at radius 3 is 2.75 bits per heavy atom. The van der Waals surface area contributed by atoms with E-state index in [-0.39, 0.29) is 5.91 Å². The summed E-state index contributed by atoms with van der Waals surface area (Å²) in [5.41, 5.74) is 6.09. The van der Waals surface area contributed by atoms with E-state index in [9.17, 15) is 4.79 Å². The Morgan fingerprint density at radius 1 is 1.04 bits per heavy atom. The fraction of sp³-hybridized carbons (Fsp3) is 0. The van der Waals surface area contributed by atoms with Gasteiger partial charge in [-0.3, -0.25) is 9.78 Å². The van der Waals surface area contributed by atoms with Gasteiger partial charge in [0.05, 0.1) is 23.0 Å². The summed E-state index contributed by atoms with van der Waals surface area (Å²) >= 11 is 6.11. The van der Waals surface area contributed by atoms with Gasteiger partial charge in [0.15, 0.2) is 0 Å². The number of aromatic nitrogens is 2. The molecule has 28 heavy (non-hydrogen) atoms. The maximum Gasteiger partial charge on any atom is 0.272 e. The third kappa shape index (κ3) is 3.89. The Balaban J connectivity index is 1.70. The molecule has 0 atom stereocenters. The number of hydrogen-bond donors (Lipinski definition) is 1. The number of carbonyl (C=O) groups excluding carboxylic acids is 1. The first-order valence-electron chi connectivity index (χ1n) is 8.60. The quantitative estimate of drug-likeness (QED) is 0.408. The minimum atomic E-state index is -0.318. The predicted molar refractivity (Wildman–Crippen MR) is 111 cm³/mol. The van der Waals surface area contributed by atoms with Gasteiger partial charge in [-0.1, -0.05) is 48.0 Å². The highest BCUT2D eigenvalue weighted by molar-refractivity contribution is 6.30. The summed E-state index contributed by atoms with van der Waals surface area (Å²) in [6, 6.07) is 20.3. The molecule has 2 heterocycles. The molecular formula is C22H15ClN4O. The summed E-state index contributed by atoms with van der Waals surface area (Å²) in [4.78, 5) is 21.5. The molecule has 0 fully saturated rings. The predicted octanol–water partition coefficient (Wildman–Crippen LogP) is 4.71. The number of hydrogen-bond acceptors (Lipinski definition) is 4. The van der Waals surface area contributed by atoms with Gasteiger partial charge in [0.25, 0.3) is 5.91 Å². The number of benzene rings is 2. The minimum Gasteiger partial charge on any atom is -0.267 e. The van der Waals surface area contributed by atoms with Crippen molar-refractivity contribution in [3.05, 3.63) is 95.3 Å². The number of para-hydroxylation sites is 1. The monoisotopic (exact) mass is 386 g/mol. The molecule has 0 aliphatic rings. The molecule has 4 aromatic rings. The summed E-state index contributed by atoms with van der Waals surface area (Å²) in [6.07, 6.45) is 4.89. The van der Waals surface area contributed by atoms with E-state index in [4.69, 9.17) is 11.6 Å². The summed E-state index contributed by atoms with van der Waals surface area (Å²) in [6.45, 7) is 0. The van der Waals surface area contributed by atoms with Crippen LogP contribution in [0.3, 0.4) is 0 Å². The van der Waals surface area contributed by atoms with Crippen LogP contribution in [0.4, 0.5) is 0 Å². The van der Waals surface area contributed by atoms with Gasteiger partial charge in [0, 0.05) is 33.9 Å². The van der Waals surface area contributed by atoms with Crippen molar-refractivity contribution in [1.29, 1.82) is 0 Å². The zero-order chi connectivity index (χ0) is 19.3. The van der Waals surface area contributed by atoms with E-state index in [1.54, 1.807) is 36.8 Å². The normalized spacial score (nSPS) is 11.0. The van der Waals surface area contributed by atoms with Crippen molar-refractivity contribution in [2.75, 3.05) is 0 Å². The van der Waals surface area contributed by atoms with Gasteiger partial charge >= 0.3 is 0 Å². The van der Waals surface area contributed by atoms with Gasteiger partial charge in [0.2, 0.25) is 0 Å². The first kappa shape index (κ1) is 17.8. The van der Waals surface area contributed by atoms with Crippen LogP contribution in [0.15, 0.2) is 84.2 Å². The Morgan fingerprint density at radius 2 is 1.93 bits per heavy atom. The average molecular weight is 387 g/mol. The second kappa shape index (κ2) is 7.98. The van der Waals surface area contributed by atoms with Gasteiger partial charge < -0.3 is 0 Å². The molecule has 0 aliphatic heterocycles. The van der Waals surface area contributed by atoms with Crippen LogP contribution in [0.25, 0.3) is 22.2 Å². The van der Waals surface area contributed by atoms with Crippen LogP contribution >= 0.6 is 11.6 Å². The Kier molecular flexibility index (Phi) is 5.08. The Hall–Kier alpha value is -3.57. The van der Waals surface area contributed by atoms with E-state index in [0.717, 1.165) is 22.0 Å². The van der Waals surface area contributed by atoms with Gasteiger partial charge in [0.1, 0.15) is 0 Å². The fourth-order valence-corrected chi connectivity index (χ4v) is 3.03. The van der Waals surface area contributed by atoms with E-state index < -0.39 is 0 Å². The number of nitrogens with one attached hydrogen (secondary N) is 1. The SMILES string of the molecule is O=C(N/N=C/c1cccnc1)c1cc(-c2cccc(Cl)c2)nc2ccccc12. The highest BCUT2D eigenvalue weighted by atomic mass is 35.5. The highest BCUT2D eigenvalue weighted by Crippen LogP contribution is 2.26. The lowest BCUT2D eigenvalue weighted by Crippen LogP contribution is -2.18. The maximum atomic E-state index is 12.8. The van der Waals surface area contributed by atoms with Crippen molar-refractivity contribution in [3.63, 3.8) is 0 Å². The van der Waals surface area contributed by atoms with Crippen molar-refractivity contribution in [2.45, 2.75) is 0 Å². The third-order valence-electron chi connectivity index (χ3n) is 4.15. The van der Waals surface area contributed by atoms with Crippen LogP contribution in [0.5, 0.6) is 0 Å². The molecule has 0 aliphatic carbocycles. The van der Waals surface area contributed by atoms with E-state index in [2.05, 4.69) is 20.5 Å². The molecule has 0 bridgehead atoms. The molecule has 0 unspecified atom stereocenters. The molecule has 4 rings (SSSR count). The van der Waals surface area contributed by atoms with Crippen LogP contribution in [0.1, 0.15) is 15.9 Å². The highest BCUT2D eigenvalue weighted by Gasteiger charge is 2.13.